The van der Waals surface area contributed by atoms with Crippen molar-refractivity contribution in [2.75, 3.05) is 0 Å². The fourth-order valence-corrected chi connectivity index (χ4v) is 3.86. The second-order valence-electron chi connectivity index (χ2n) is 7.35. The first-order valence-electron chi connectivity index (χ1n) is 10.2. The molecule has 0 fully saturated rings. The molecule has 0 bridgehead atoms. The first-order chi connectivity index (χ1) is 16.4. The molecule has 0 N–H and O–H groups in total. The lowest BCUT2D eigenvalue weighted by atomic mass is 10.1. The maximum atomic E-state index is 12.6. The summed E-state index contributed by atoms with van der Waals surface area (Å²) in [5.74, 6) is -0.361. The van der Waals surface area contributed by atoms with E-state index in [4.69, 9.17) is 32.4 Å². The number of aromatic nitrogens is 3. The Morgan fingerprint density at radius 1 is 1.15 bits per heavy atom. The monoisotopic (exact) mass is 492 g/mol. The quantitative estimate of drug-likeness (QED) is 0.183. The molecule has 0 spiro atoms. The zero-order valence-corrected chi connectivity index (χ0v) is 19.8. The van der Waals surface area contributed by atoms with Crippen LogP contribution in [0.25, 0.3) is 23.2 Å². The van der Waals surface area contributed by atoms with E-state index in [9.17, 15) is 10.1 Å². The first-order valence-corrected chi connectivity index (χ1v) is 10.9. The smallest absolute Gasteiger partial charge is 0.349 e. The topological polar surface area (TPSA) is 93.9 Å². The van der Waals surface area contributed by atoms with Crippen LogP contribution in [0.1, 0.15) is 22.8 Å². The molecule has 7 nitrogen and oxygen atoms in total. The minimum atomic E-state index is -0.799. The van der Waals surface area contributed by atoms with Crippen LogP contribution in [0.15, 0.2) is 64.6 Å². The summed E-state index contributed by atoms with van der Waals surface area (Å²) in [6, 6.07) is 18.3. The van der Waals surface area contributed by atoms with Crippen molar-refractivity contribution in [1.29, 1.82) is 5.26 Å². The van der Waals surface area contributed by atoms with Crippen LogP contribution in [-0.4, -0.2) is 20.7 Å². The summed E-state index contributed by atoms with van der Waals surface area (Å²) in [4.78, 5) is 12.6. The molecule has 0 aliphatic rings. The molecule has 170 valence electrons. The number of ether oxygens (including phenoxy) is 1. The zero-order valence-electron chi connectivity index (χ0n) is 18.3. The molecule has 0 aliphatic heterocycles. The third kappa shape index (κ3) is 4.74. The predicted molar refractivity (Wildman–Crippen MR) is 128 cm³/mol. The predicted octanol–water partition coefficient (Wildman–Crippen LogP) is 6.10. The second-order valence-corrected chi connectivity index (χ2v) is 8.13. The molecule has 4 rings (SSSR count). The highest BCUT2D eigenvalue weighted by molar-refractivity contribution is 6.43. The summed E-state index contributed by atoms with van der Waals surface area (Å²) in [7, 11) is 0. The van der Waals surface area contributed by atoms with Gasteiger partial charge in [-0.15, -0.1) is 10.2 Å². The summed E-state index contributed by atoms with van der Waals surface area (Å²) >= 11 is 12.6. The van der Waals surface area contributed by atoms with Gasteiger partial charge in [-0.3, -0.25) is 0 Å². The minimum Gasteiger partial charge on any atom is -0.451 e. The van der Waals surface area contributed by atoms with Crippen molar-refractivity contribution in [1.82, 2.24) is 14.8 Å². The van der Waals surface area contributed by atoms with E-state index >= 15 is 0 Å². The van der Waals surface area contributed by atoms with Gasteiger partial charge in [0.05, 0.1) is 15.7 Å². The molecule has 0 atom stereocenters. The number of rotatable bonds is 6. The number of carbonyl (C=O) groups excluding carboxylic acids is 1. The minimum absolute atomic E-state index is 0.123. The maximum absolute atomic E-state index is 12.6. The van der Waals surface area contributed by atoms with Crippen LogP contribution in [0.2, 0.25) is 10.0 Å². The van der Waals surface area contributed by atoms with Gasteiger partial charge in [-0.1, -0.05) is 47.5 Å². The van der Waals surface area contributed by atoms with Crippen LogP contribution >= 0.6 is 23.2 Å². The van der Waals surface area contributed by atoms with Crippen molar-refractivity contribution < 1.29 is 13.9 Å². The number of nitriles is 1. The van der Waals surface area contributed by atoms with Gasteiger partial charge in [0.1, 0.15) is 11.6 Å². The third-order valence-electron chi connectivity index (χ3n) is 5.10. The lowest BCUT2D eigenvalue weighted by Gasteiger charge is -2.12. The molecular weight excluding hydrogens is 475 g/mol. The van der Waals surface area contributed by atoms with Gasteiger partial charge in [-0.2, -0.15) is 5.26 Å². The Kier molecular flexibility index (Phi) is 6.82. The van der Waals surface area contributed by atoms with Gasteiger partial charge in [0, 0.05) is 17.0 Å². The molecule has 4 aromatic rings. The maximum Gasteiger partial charge on any atom is 0.349 e. The summed E-state index contributed by atoms with van der Waals surface area (Å²) in [5, 5.41) is 18.2. The SMILES string of the molecule is Cc1cc(C=C(C#N)C(=O)OCc2nnc(-c3ccccc3)o2)c(C)n1-c1cccc(Cl)c1Cl. The second kappa shape index (κ2) is 9.96. The molecular formula is C25H18Cl2N4O3. The van der Waals surface area contributed by atoms with Crippen LogP contribution < -0.4 is 0 Å². The van der Waals surface area contributed by atoms with Crippen molar-refractivity contribution >= 4 is 35.2 Å². The Bertz CT molecular complexity index is 1430. The molecule has 0 aliphatic carbocycles. The number of esters is 1. The van der Waals surface area contributed by atoms with E-state index in [-0.39, 0.29) is 18.1 Å². The van der Waals surface area contributed by atoms with Crippen molar-refractivity contribution in [2.45, 2.75) is 20.5 Å². The van der Waals surface area contributed by atoms with E-state index < -0.39 is 5.97 Å². The molecule has 2 heterocycles. The van der Waals surface area contributed by atoms with Crippen molar-refractivity contribution in [3.63, 3.8) is 0 Å². The summed E-state index contributed by atoms with van der Waals surface area (Å²) in [6.07, 6.45) is 1.48. The van der Waals surface area contributed by atoms with E-state index in [0.29, 0.717) is 27.2 Å². The van der Waals surface area contributed by atoms with Gasteiger partial charge >= 0.3 is 5.97 Å². The standard InChI is InChI=1S/C25H18Cl2N4O3/c1-15-11-18(16(2)31(15)21-10-6-9-20(26)23(21)27)12-19(13-28)25(32)33-14-22-29-30-24(34-22)17-7-4-3-5-8-17/h3-12H,14H2,1-2H3. The van der Waals surface area contributed by atoms with Crippen LogP contribution in [-0.2, 0) is 16.1 Å². The summed E-state index contributed by atoms with van der Waals surface area (Å²) in [5.41, 5.74) is 3.60. The fourth-order valence-electron chi connectivity index (χ4n) is 3.48. The molecule has 9 heteroatoms. The third-order valence-corrected chi connectivity index (χ3v) is 5.91. The molecule has 2 aromatic heterocycles. The Balaban J connectivity index is 1.53. The van der Waals surface area contributed by atoms with Crippen LogP contribution in [0.3, 0.4) is 0 Å². The van der Waals surface area contributed by atoms with E-state index in [0.717, 1.165) is 17.0 Å². The van der Waals surface area contributed by atoms with Crippen molar-refractivity contribution in [3.05, 3.63) is 93.1 Å². The van der Waals surface area contributed by atoms with Gasteiger partial charge in [-0.25, -0.2) is 4.79 Å². The highest BCUT2D eigenvalue weighted by atomic mass is 35.5. The Morgan fingerprint density at radius 2 is 1.91 bits per heavy atom. The first kappa shape index (κ1) is 23.3. The number of hydrogen-bond acceptors (Lipinski definition) is 6. The number of aryl methyl sites for hydroxylation is 1. The van der Waals surface area contributed by atoms with E-state index in [1.54, 1.807) is 12.1 Å². The number of hydrogen-bond donors (Lipinski definition) is 0. The number of halogens is 2. The van der Waals surface area contributed by atoms with Gasteiger partial charge in [0.25, 0.3) is 5.89 Å². The van der Waals surface area contributed by atoms with Crippen LogP contribution in [0.5, 0.6) is 0 Å². The largest absolute Gasteiger partial charge is 0.451 e. The molecule has 0 amide bonds. The molecule has 0 unspecified atom stereocenters. The Morgan fingerprint density at radius 3 is 2.65 bits per heavy atom. The number of nitrogens with zero attached hydrogens (tertiary/aromatic N) is 4. The zero-order chi connectivity index (χ0) is 24.2. The summed E-state index contributed by atoms with van der Waals surface area (Å²) < 4.78 is 12.7. The van der Waals surface area contributed by atoms with Gasteiger partial charge < -0.3 is 13.7 Å². The van der Waals surface area contributed by atoms with E-state index in [1.165, 1.54) is 6.08 Å². The number of benzene rings is 2. The van der Waals surface area contributed by atoms with Crippen molar-refractivity contribution in [3.8, 4) is 23.2 Å². The number of carbonyl (C=O) groups is 1. The van der Waals surface area contributed by atoms with Gasteiger partial charge in [0.2, 0.25) is 5.89 Å². The highest BCUT2D eigenvalue weighted by Gasteiger charge is 2.18. The lowest BCUT2D eigenvalue weighted by Crippen LogP contribution is -2.07. The fraction of sp³-hybridized carbons (Fsp3) is 0.120. The van der Waals surface area contributed by atoms with Crippen LogP contribution in [0, 0.1) is 25.2 Å². The molecule has 34 heavy (non-hydrogen) atoms. The van der Waals surface area contributed by atoms with Crippen molar-refractivity contribution in [2.24, 2.45) is 0 Å². The average Bonchev–Trinajstić information content (AvgIpc) is 3.42. The normalized spacial score (nSPS) is 11.3. The van der Waals surface area contributed by atoms with Crippen LogP contribution in [0.4, 0.5) is 0 Å². The van der Waals surface area contributed by atoms with E-state index in [1.807, 2.05) is 66.9 Å². The van der Waals surface area contributed by atoms with Gasteiger partial charge in [0.15, 0.2) is 6.61 Å². The highest BCUT2D eigenvalue weighted by Crippen LogP contribution is 2.32. The molecule has 0 saturated carbocycles. The Hall–Kier alpha value is -3.86. The van der Waals surface area contributed by atoms with E-state index in [2.05, 4.69) is 10.2 Å². The Labute approximate surface area is 205 Å². The molecule has 0 saturated heterocycles. The molecule has 2 aromatic carbocycles. The average molecular weight is 493 g/mol. The van der Waals surface area contributed by atoms with Gasteiger partial charge in [-0.05, 0) is 55.8 Å². The lowest BCUT2D eigenvalue weighted by molar-refractivity contribution is -0.140. The summed E-state index contributed by atoms with van der Waals surface area (Å²) in [6.45, 7) is 3.50. The molecule has 0 radical (unpaired) electrons.